The molecular formula is C30H27Cl3V3. The largest absolute Gasteiger partial charge is 2.00 e. The number of fused-ring (bicyclic) bond motifs is 3. The van der Waals surface area contributed by atoms with Crippen molar-refractivity contribution in [2.24, 2.45) is 0 Å². The smallest absolute Gasteiger partial charge is 1.00 e. The van der Waals surface area contributed by atoms with Gasteiger partial charge in [0, 0.05) is 0 Å². The molecule has 0 heterocycles. The predicted molar refractivity (Wildman–Crippen MR) is 133 cm³/mol. The van der Waals surface area contributed by atoms with E-state index in [9.17, 15) is 0 Å². The molecule has 3 radical (unpaired) electrons. The van der Waals surface area contributed by atoms with Gasteiger partial charge in [0.2, 0.25) is 0 Å². The molecule has 0 bridgehead atoms. The fourth-order valence-electron chi connectivity index (χ4n) is 3.92. The van der Waals surface area contributed by atoms with E-state index in [1.807, 2.05) is 0 Å². The van der Waals surface area contributed by atoms with Gasteiger partial charge in [-0.25, -0.2) is 0 Å². The predicted octanol–water partition coefficient (Wildman–Crippen LogP) is -0.394. The number of halogens is 3. The summed E-state index contributed by atoms with van der Waals surface area (Å²) < 4.78 is 0. The van der Waals surface area contributed by atoms with Crippen LogP contribution in [0.1, 0.15) is 16.7 Å². The van der Waals surface area contributed by atoms with Gasteiger partial charge >= 0.3 is 55.7 Å². The number of hydrogen-bond donors (Lipinski definition) is 0. The van der Waals surface area contributed by atoms with Crippen LogP contribution in [-0.4, -0.2) is 0 Å². The van der Waals surface area contributed by atoms with Gasteiger partial charge in [0.05, 0.1) is 0 Å². The summed E-state index contributed by atoms with van der Waals surface area (Å²) in [5.74, 6) is 0. The average Bonchev–Trinajstić information content (AvgIpc) is 3.41. The summed E-state index contributed by atoms with van der Waals surface area (Å²) in [6, 6.07) is 38.5. The van der Waals surface area contributed by atoms with Crippen LogP contribution in [0.4, 0.5) is 0 Å². The fraction of sp³-hybridized carbons (Fsp3) is 0.100. The first-order valence-electron chi connectivity index (χ1n) is 10.4. The van der Waals surface area contributed by atoms with Crippen LogP contribution < -0.4 is 37.2 Å². The van der Waals surface area contributed by atoms with E-state index in [1.165, 1.54) is 49.0 Å². The molecule has 0 aliphatic carbocycles. The molecule has 0 N–H and O–H groups in total. The number of benzene rings is 3. The monoisotopic (exact) mass is 645 g/mol. The molecule has 0 fully saturated rings. The van der Waals surface area contributed by atoms with E-state index in [1.54, 1.807) is 0 Å². The Kier molecular flexibility index (Phi) is 21.2. The van der Waals surface area contributed by atoms with Crippen molar-refractivity contribution in [2.75, 3.05) is 0 Å². The SMILES string of the molecule is Cc1cc2ccccc2[cH-]1.Cc1cc2ccccc2[cH-]1.Cc1cc2ccccc2[cH-]1.[Cl-].[Cl-].[Cl-].[V+2].[V+2].[V+2]. The van der Waals surface area contributed by atoms with Gasteiger partial charge in [-0.2, -0.15) is 18.2 Å². The Morgan fingerprint density at radius 3 is 0.833 bits per heavy atom. The quantitative estimate of drug-likeness (QED) is 0.198. The zero-order valence-electron chi connectivity index (χ0n) is 20.4. The average molecular weight is 647 g/mol. The maximum absolute atomic E-state index is 2.20. The summed E-state index contributed by atoms with van der Waals surface area (Å²) in [6.45, 7) is 6.38. The van der Waals surface area contributed by atoms with E-state index in [2.05, 4.69) is 130 Å². The summed E-state index contributed by atoms with van der Waals surface area (Å²) in [6.07, 6.45) is 0. The maximum atomic E-state index is 2.20. The number of hydrogen-bond acceptors (Lipinski definition) is 0. The summed E-state index contributed by atoms with van der Waals surface area (Å²) in [4.78, 5) is 0. The molecule has 0 nitrogen and oxygen atoms in total. The van der Waals surface area contributed by atoms with E-state index >= 15 is 0 Å². The maximum Gasteiger partial charge on any atom is 2.00 e. The molecule has 183 valence electrons. The topological polar surface area (TPSA) is 0 Å². The third-order valence-corrected chi connectivity index (χ3v) is 5.29. The van der Waals surface area contributed by atoms with Gasteiger partial charge in [-0.15, -0.1) is 122 Å². The molecule has 6 aromatic rings. The first-order valence-corrected chi connectivity index (χ1v) is 10.4. The number of rotatable bonds is 0. The Hall–Kier alpha value is -0.887. The van der Waals surface area contributed by atoms with Crippen molar-refractivity contribution in [3.8, 4) is 0 Å². The van der Waals surface area contributed by atoms with Crippen LogP contribution in [0.5, 0.6) is 0 Å². The molecule has 0 saturated heterocycles. The zero-order valence-corrected chi connectivity index (χ0v) is 26.8. The Morgan fingerprint density at radius 2 is 0.611 bits per heavy atom. The molecule has 0 unspecified atom stereocenters. The van der Waals surface area contributed by atoms with Crippen molar-refractivity contribution in [3.63, 3.8) is 0 Å². The van der Waals surface area contributed by atoms with E-state index in [4.69, 9.17) is 0 Å². The molecule has 0 aliphatic heterocycles. The van der Waals surface area contributed by atoms with Gasteiger partial charge in [0.15, 0.2) is 0 Å². The molecule has 0 atom stereocenters. The Labute approximate surface area is 269 Å². The second-order valence-corrected chi connectivity index (χ2v) is 7.98. The molecule has 0 saturated carbocycles. The van der Waals surface area contributed by atoms with Gasteiger partial charge in [0.1, 0.15) is 0 Å². The minimum Gasteiger partial charge on any atom is -1.00 e. The third-order valence-electron chi connectivity index (χ3n) is 5.29. The van der Waals surface area contributed by atoms with E-state index in [0.717, 1.165) is 0 Å². The molecule has 6 rings (SSSR count). The van der Waals surface area contributed by atoms with Gasteiger partial charge in [-0.05, 0) is 0 Å². The van der Waals surface area contributed by atoms with Crippen molar-refractivity contribution in [3.05, 3.63) is 126 Å². The second-order valence-electron chi connectivity index (χ2n) is 7.98. The molecule has 36 heavy (non-hydrogen) atoms. The van der Waals surface area contributed by atoms with Crippen LogP contribution in [0, 0.1) is 20.8 Å². The first-order chi connectivity index (χ1) is 14.6. The van der Waals surface area contributed by atoms with Crippen LogP contribution in [0.3, 0.4) is 0 Å². The fourth-order valence-corrected chi connectivity index (χ4v) is 3.92. The van der Waals surface area contributed by atoms with Gasteiger partial charge in [-0.1, -0.05) is 39.0 Å². The van der Waals surface area contributed by atoms with E-state index in [-0.39, 0.29) is 92.9 Å². The Morgan fingerprint density at radius 1 is 0.389 bits per heavy atom. The summed E-state index contributed by atoms with van der Waals surface area (Å²) in [5.41, 5.74) is 4.05. The minimum absolute atomic E-state index is 0. The van der Waals surface area contributed by atoms with Crippen molar-refractivity contribution in [2.45, 2.75) is 20.8 Å². The third kappa shape index (κ3) is 10.8. The zero-order chi connectivity index (χ0) is 20.9. The minimum atomic E-state index is 0. The second kappa shape index (κ2) is 19.2. The molecule has 0 aromatic heterocycles. The van der Waals surface area contributed by atoms with Gasteiger partial charge in [0.25, 0.3) is 0 Å². The van der Waals surface area contributed by atoms with Crippen molar-refractivity contribution >= 4 is 32.3 Å². The molecule has 0 spiro atoms. The summed E-state index contributed by atoms with van der Waals surface area (Å²) in [7, 11) is 0. The molecule has 6 aromatic carbocycles. The summed E-state index contributed by atoms with van der Waals surface area (Å²) in [5, 5.41) is 8.08. The van der Waals surface area contributed by atoms with Crippen LogP contribution in [0.25, 0.3) is 32.3 Å². The Balaban J connectivity index is -0.000000419. The van der Waals surface area contributed by atoms with Crippen molar-refractivity contribution in [1.29, 1.82) is 0 Å². The number of aryl methyl sites for hydroxylation is 3. The van der Waals surface area contributed by atoms with Crippen LogP contribution in [0.15, 0.2) is 109 Å². The van der Waals surface area contributed by atoms with Crippen molar-refractivity contribution < 1.29 is 92.9 Å². The van der Waals surface area contributed by atoms with Crippen LogP contribution >= 0.6 is 0 Å². The molecule has 6 heteroatoms. The van der Waals surface area contributed by atoms with Gasteiger partial charge < -0.3 is 37.2 Å². The molecule has 0 aliphatic rings. The van der Waals surface area contributed by atoms with Crippen LogP contribution in [0.2, 0.25) is 0 Å². The molecular weight excluding hydrogens is 620 g/mol. The first kappa shape index (κ1) is 39.6. The standard InChI is InChI=1S/3C10H9.3ClH.3V/c3*1-8-6-9-4-2-3-5-10(9)7-8;;;;;;/h3*2-7H,1H3;3*1H;;;/q3*-1;;;;3*+2/p-3. The normalized spacial score (nSPS) is 8.75. The van der Waals surface area contributed by atoms with Crippen LogP contribution in [-0.2, 0) is 55.7 Å². The van der Waals surface area contributed by atoms with Gasteiger partial charge in [-0.3, -0.25) is 0 Å². The summed E-state index contributed by atoms with van der Waals surface area (Å²) >= 11 is 0. The van der Waals surface area contributed by atoms with Crippen molar-refractivity contribution in [1.82, 2.24) is 0 Å². The van der Waals surface area contributed by atoms with E-state index < -0.39 is 0 Å². The Bertz CT molecular complexity index is 1130. The van der Waals surface area contributed by atoms with E-state index in [0.29, 0.717) is 0 Å². The molecule has 0 amide bonds.